The Labute approximate surface area is 110 Å². The Balaban J connectivity index is 3.63. The molecule has 0 aliphatic heterocycles. The molecule has 1 aromatic carbocycles. The first-order valence-electron chi connectivity index (χ1n) is 4.90. The average molecular weight is 288 g/mol. The summed E-state index contributed by atoms with van der Waals surface area (Å²) in [5, 5.41) is 8.76. The van der Waals surface area contributed by atoms with Gasteiger partial charge in [-0.15, -0.1) is 0 Å². The zero-order valence-electron chi connectivity index (χ0n) is 9.74. The van der Waals surface area contributed by atoms with Crippen LogP contribution in [0.1, 0.15) is 11.1 Å². The van der Waals surface area contributed by atoms with E-state index in [-0.39, 0.29) is 0 Å². The molecule has 1 aromatic rings. The molecule has 0 spiro atoms. The fourth-order valence-corrected chi connectivity index (χ4v) is 1.31. The highest BCUT2D eigenvalue weighted by molar-refractivity contribution is 5.94. The van der Waals surface area contributed by atoms with Gasteiger partial charge in [0.05, 0.1) is 5.56 Å². The van der Waals surface area contributed by atoms with Crippen molar-refractivity contribution in [1.29, 1.82) is 5.26 Å². The summed E-state index contributed by atoms with van der Waals surface area (Å²) in [5.74, 6) is -2.87. The van der Waals surface area contributed by atoms with E-state index in [9.17, 15) is 17.6 Å². The van der Waals surface area contributed by atoms with Gasteiger partial charge in [0.15, 0.2) is 5.96 Å². The van der Waals surface area contributed by atoms with Gasteiger partial charge in [0.1, 0.15) is 23.1 Å². The molecule has 0 aromatic heterocycles. The third kappa shape index (κ3) is 3.35. The maximum absolute atomic E-state index is 13.4. The van der Waals surface area contributed by atoms with Crippen LogP contribution in [0.25, 0.3) is 0 Å². The van der Waals surface area contributed by atoms with Crippen LogP contribution in [0, 0.1) is 17.1 Å². The molecule has 0 heterocycles. The standard InChI is InChI=1S/C10H8F4N6/c11-5-2-1-4(3-15)7(6(5)10(12,13)14)19-9(18)20-8(16)17/h1-2H,(H6,16,17,18,19,20). The number of alkyl halides is 3. The highest BCUT2D eigenvalue weighted by Crippen LogP contribution is 2.40. The molecule has 0 saturated carbocycles. The summed E-state index contributed by atoms with van der Waals surface area (Å²) >= 11 is 0. The minimum atomic E-state index is -5.06. The normalized spacial score (nSPS) is 11.8. The lowest BCUT2D eigenvalue weighted by atomic mass is 10.1. The molecule has 6 N–H and O–H groups in total. The van der Waals surface area contributed by atoms with Crippen LogP contribution < -0.4 is 17.2 Å². The summed E-state index contributed by atoms with van der Waals surface area (Å²) in [7, 11) is 0. The van der Waals surface area contributed by atoms with E-state index in [0.717, 1.165) is 6.07 Å². The van der Waals surface area contributed by atoms with Gasteiger partial charge in [0, 0.05) is 0 Å². The van der Waals surface area contributed by atoms with E-state index in [0.29, 0.717) is 6.07 Å². The quantitative estimate of drug-likeness (QED) is 0.403. The molecule has 106 valence electrons. The van der Waals surface area contributed by atoms with Gasteiger partial charge in [-0.1, -0.05) is 0 Å². The summed E-state index contributed by atoms with van der Waals surface area (Å²) < 4.78 is 51.7. The Bertz CT molecular complexity index is 622. The van der Waals surface area contributed by atoms with E-state index in [4.69, 9.17) is 22.5 Å². The molecule has 0 fully saturated rings. The maximum Gasteiger partial charge on any atom is 0.421 e. The Morgan fingerprint density at radius 3 is 2.25 bits per heavy atom. The maximum atomic E-state index is 13.4. The zero-order valence-corrected chi connectivity index (χ0v) is 9.74. The smallest absolute Gasteiger partial charge is 0.370 e. The van der Waals surface area contributed by atoms with Crippen LogP contribution in [0.3, 0.4) is 0 Å². The highest BCUT2D eigenvalue weighted by Gasteiger charge is 2.38. The van der Waals surface area contributed by atoms with Crippen LogP contribution in [-0.2, 0) is 6.18 Å². The number of aliphatic imine (C=N–C) groups is 2. The molecule has 0 bridgehead atoms. The third-order valence-electron chi connectivity index (χ3n) is 2.00. The van der Waals surface area contributed by atoms with Gasteiger partial charge in [-0.05, 0) is 12.1 Å². The van der Waals surface area contributed by atoms with Gasteiger partial charge < -0.3 is 17.2 Å². The second-order valence-corrected chi connectivity index (χ2v) is 3.43. The third-order valence-corrected chi connectivity index (χ3v) is 2.00. The van der Waals surface area contributed by atoms with Crippen molar-refractivity contribution in [2.24, 2.45) is 27.2 Å². The molecule has 10 heteroatoms. The van der Waals surface area contributed by atoms with Crippen molar-refractivity contribution in [3.05, 3.63) is 29.1 Å². The molecule has 0 unspecified atom stereocenters. The van der Waals surface area contributed by atoms with E-state index in [1.165, 1.54) is 6.07 Å². The van der Waals surface area contributed by atoms with Crippen LogP contribution in [0.4, 0.5) is 23.2 Å². The number of rotatable bonds is 1. The first kappa shape index (κ1) is 15.2. The van der Waals surface area contributed by atoms with Gasteiger partial charge in [-0.2, -0.15) is 23.4 Å². The van der Waals surface area contributed by atoms with Crippen LogP contribution in [0.15, 0.2) is 22.1 Å². The first-order valence-corrected chi connectivity index (χ1v) is 4.90. The lowest BCUT2D eigenvalue weighted by Crippen LogP contribution is -2.26. The van der Waals surface area contributed by atoms with Crippen molar-refractivity contribution in [2.75, 3.05) is 0 Å². The number of benzene rings is 1. The van der Waals surface area contributed by atoms with Crippen molar-refractivity contribution >= 4 is 17.6 Å². The number of nitrogens with zero attached hydrogens (tertiary/aromatic N) is 3. The van der Waals surface area contributed by atoms with Gasteiger partial charge in [0.25, 0.3) is 0 Å². The number of nitriles is 1. The molecule has 0 amide bonds. The van der Waals surface area contributed by atoms with E-state index >= 15 is 0 Å². The number of guanidine groups is 2. The van der Waals surface area contributed by atoms with Crippen LogP contribution in [-0.4, -0.2) is 11.9 Å². The topological polar surface area (TPSA) is 127 Å². The molecule has 0 atom stereocenters. The number of hydrogen-bond donors (Lipinski definition) is 3. The molecule has 6 nitrogen and oxygen atoms in total. The van der Waals surface area contributed by atoms with E-state index in [2.05, 4.69) is 9.98 Å². The lowest BCUT2D eigenvalue weighted by molar-refractivity contribution is -0.139. The van der Waals surface area contributed by atoms with Crippen LogP contribution in [0.2, 0.25) is 0 Å². The Hall–Kier alpha value is -2.83. The second kappa shape index (κ2) is 5.43. The van der Waals surface area contributed by atoms with Gasteiger partial charge in [0.2, 0.25) is 5.96 Å². The van der Waals surface area contributed by atoms with Crippen molar-refractivity contribution in [2.45, 2.75) is 6.18 Å². The number of hydrogen-bond acceptors (Lipinski definition) is 2. The fourth-order valence-electron chi connectivity index (χ4n) is 1.31. The van der Waals surface area contributed by atoms with Crippen LogP contribution in [0.5, 0.6) is 0 Å². The van der Waals surface area contributed by atoms with Crippen molar-refractivity contribution in [1.82, 2.24) is 0 Å². The molecule has 0 saturated heterocycles. The number of nitrogens with two attached hydrogens (primary N) is 3. The Kier molecular flexibility index (Phi) is 4.14. The van der Waals surface area contributed by atoms with E-state index in [1.807, 2.05) is 0 Å². The average Bonchev–Trinajstić information content (AvgIpc) is 2.26. The Morgan fingerprint density at radius 2 is 1.80 bits per heavy atom. The molecule has 0 radical (unpaired) electrons. The summed E-state index contributed by atoms with van der Waals surface area (Å²) in [6.07, 6.45) is -5.06. The molecule has 0 aliphatic carbocycles. The molecule has 20 heavy (non-hydrogen) atoms. The SMILES string of the molecule is N#Cc1ccc(F)c(C(F)(F)F)c1N=C(N)N=C(N)N. The highest BCUT2D eigenvalue weighted by atomic mass is 19.4. The van der Waals surface area contributed by atoms with Gasteiger partial charge in [-0.25, -0.2) is 9.38 Å². The van der Waals surface area contributed by atoms with E-state index < -0.39 is 40.7 Å². The van der Waals surface area contributed by atoms with Gasteiger partial charge >= 0.3 is 6.18 Å². The molecule has 1 rings (SSSR count). The molecular weight excluding hydrogens is 280 g/mol. The van der Waals surface area contributed by atoms with Crippen molar-refractivity contribution in [3.8, 4) is 6.07 Å². The van der Waals surface area contributed by atoms with Gasteiger partial charge in [-0.3, -0.25) is 0 Å². The van der Waals surface area contributed by atoms with Crippen molar-refractivity contribution < 1.29 is 17.6 Å². The zero-order chi connectivity index (χ0) is 15.5. The molecular formula is C10H8F4N6. The van der Waals surface area contributed by atoms with E-state index in [1.54, 1.807) is 0 Å². The largest absolute Gasteiger partial charge is 0.421 e. The monoisotopic (exact) mass is 288 g/mol. The Morgan fingerprint density at radius 1 is 1.20 bits per heavy atom. The second-order valence-electron chi connectivity index (χ2n) is 3.43. The minimum absolute atomic E-state index is 0.511. The number of halogens is 4. The summed E-state index contributed by atoms with van der Waals surface area (Å²) in [4.78, 5) is 6.46. The fraction of sp³-hybridized carbons (Fsp3) is 0.100. The summed E-state index contributed by atoms with van der Waals surface area (Å²) in [5.41, 5.74) is 11.9. The first-order chi connectivity index (χ1) is 9.16. The van der Waals surface area contributed by atoms with Crippen molar-refractivity contribution in [3.63, 3.8) is 0 Å². The summed E-state index contributed by atoms with van der Waals surface area (Å²) in [6, 6.07) is 2.80. The predicted octanol–water partition coefficient (Wildman–Crippen LogP) is 0.936. The predicted molar refractivity (Wildman–Crippen MR) is 63.2 cm³/mol. The summed E-state index contributed by atoms with van der Waals surface area (Å²) in [6.45, 7) is 0. The van der Waals surface area contributed by atoms with Crippen LogP contribution >= 0.6 is 0 Å². The molecule has 0 aliphatic rings. The minimum Gasteiger partial charge on any atom is -0.370 e. The lowest BCUT2D eigenvalue weighted by Gasteiger charge is -2.12.